The van der Waals surface area contributed by atoms with Crippen LogP contribution in [0.4, 0.5) is 0 Å². The topological polar surface area (TPSA) is 57.5 Å². The van der Waals surface area contributed by atoms with Crippen LogP contribution in [0, 0.1) is 0 Å². The highest BCUT2D eigenvalue weighted by Crippen LogP contribution is 2.14. The van der Waals surface area contributed by atoms with Gasteiger partial charge in [-0.25, -0.2) is 9.59 Å². The summed E-state index contributed by atoms with van der Waals surface area (Å²) in [5.41, 5.74) is 0.371. The first kappa shape index (κ1) is 13.0. The van der Waals surface area contributed by atoms with Crippen LogP contribution in [-0.4, -0.2) is 29.7 Å². The van der Waals surface area contributed by atoms with Gasteiger partial charge in [0.15, 0.2) is 0 Å². The molecule has 0 N–H and O–H groups in total. The van der Waals surface area contributed by atoms with Gasteiger partial charge in [0.25, 0.3) is 0 Å². The van der Waals surface area contributed by atoms with Gasteiger partial charge in [0.2, 0.25) is 0 Å². The zero-order valence-corrected chi connectivity index (χ0v) is 9.93. The molecule has 1 aromatic rings. The molecule has 0 bridgehead atoms. The van der Waals surface area contributed by atoms with Crippen molar-refractivity contribution in [2.24, 2.45) is 0 Å². The maximum atomic E-state index is 11.6. The Morgan fingerprint density at radius 3 is 1.88 bits per heavy atom. The third kappa shape index (κ3) is 2.96. The Hall–Kier alpha value is -2.04. The van der Waals surface area contributed by atoms with E-state index in [9.17, 15) is 9.59 Å². The highest BCUT2D eigenvalue weighted by Gasteiger charge is 2.21. The number of carbonyl (C=O) groups excluding carboxylic acids is 2. The molecule has 17 heavy (non-hydrogen) atoms. The second-order valence-electron chi connectivity index (χ2n) is 3.16. The predicted molar refractivity (Wildman–Crippen MR) is 62.7 cm³/mol. The van der Waals surface area contributed by atoms with Gasteiger partial charge in [-0.2, -0.15) is 0 Å². The summed E-state index contributed by atoms with van der Waals surface area (Å²) in [4.78, 5) is 23.3. The number of hydrogen-bond acceptors (Lipinski definition) is 4. The Labute approximate surface area is 99.6 Å². The van der Waals surface area contributed by atoms with Crippen LogP contribution in [0.1, 0.15) is 34.6 Å². The Morgan fingerprint density at radius 1 is 1.18 bits per heavy atom. The smallest absolute Gasteiger partial charge is 0.340 e. The zero-order valence-electron chi connectivity index (χ0n) is 9.93. The predicted octanol–water partition coefficient (Wildman–Crippen LogP) is 1.94. The van der Waals surface area contributed by atoms with Gasteiger partial charge in [0, 0.05) is 18.6 Å². The van der Waals surface area contributed by atoms with Crippen molar-refractivity contribution in [1.29, 1.82) is 0 Å². The molecule has 0 unspecified atom stereocenters. The van der Waals surface area contributed by atoms with E-state index in [0.29, 0.717) is 0 Å². The maximum absolute atomic E-state index is 11.6. The molecule has 0 aliphatic heterocycles. The SMILES string of the molecule is C=Cn1cc(C(=O)OCC)c(C(=O)OCC)c1. The van der Waals surface area contributed by atoms with Crippen LogP contribution in [0.15, 0.2) is 19.0 Å². The minimum Gasteiger partial charge on any atom is -0.462 e. The summed E-state index contributed by atoms with van der Waals surface area (Å²) in [5, 5.41) is 0. The first-order valence-corrected chi connectivity index (χ1v) is 5.32. The molecule has 1 heterocycles. The van der Waals surface area contributed by atoms with E-state index < -0.39 is 11.9 Å². The van der Waals surface area contributed by atoms with Crippen molar-refractivity contribution in [3.63, 3.8) is 0 Å². The number of hydrogen-bond donors (Lipinski definition) is 0. The van der Waals surface area contributed by atoms with Crippen molar-refractivity contribution < 1.29 is 19.1 Å². The summed E-state index contributed by atoms with van der Waals surface area (Å²) < 4.78 is 11.2. The van der Waals surface area contributed by atoms with Crippen molar-refractivity contribution in [1.82, 2.24) is 4.57 Å². The molecule has 0 aliphatic carbocycles. The first-order chi connectivity index (χ1) is 8.13. The molecule has 0 aromatic carbocycles. The summed E-state index contributed by atoms with van der Waals surface area (Å²) in [6, 6.07) is 0. The lowest BCUT2D eigenvalue weighted by Gasteiger charge is -2.02. The summed E-state index contributed by atoms with van der Waals surface area (Å²) in [6.45, 7) is 7.46. The fraction of sp³-hybridized carbons (Fsp3) is 0.333. The third-order valence-electron chi connectivity index (χ3n) is 2.05. The number of nitrogens with zero attached hydrogens (tertiary/aromatic N) is 1. The number of rotatable bonds is 5. The van der Waals surface area contributed by atoms with E-state index in [1.807, 2.05) is 0 Å². The molecule has 5 heteroatoms. The zero-order chi connectivity index (χ0) is 12.8. The largest absolute Gasteiger partial charge is 0.462 e. The Kier molecular flexibility index (Phi) is 4.51. The molecule has 0 amide bonds. The number of aromatic nitrogens is 1. The monoisotopic (exact) mass is 237 g/mol. The summed E-state index contributed by atoms with van der Waals surface area (Å²) in [7, 11) is 0. The fourth-order valence-electron chi connectivity index (χ4n) is 1.32. The minimum atomic E-state index is -0.545. The molecule has 0 saturated heterocycles. The van der Waals surface area contributed by atoms with Gasteiger partial charge in [-0.3, -0.25) is 0 Å². The van der Waals surface area contributed by atoms with E-state index in [4.69, 9.17) is 9.47 Å². The molecule has 1 rings (SSSR count). The molecule has 1 aromatic heterocycles. The summed E-state index contributed by atoms with van der Waals surface area (Å²) in [5.74, 6) is -1.09. The van der Waals surface area contributed by atoms with E-state index in [1.54, 1.807) is 13.8 Å². The average Bonchev–Trinajstić information content (AvgIpc) is 2.73. The van der Waals surface area contributed by atoms with Crippen LogP contribution >= 0.6 is 0 Å². The van der Waals surface area contributed by atoms with E-state index in [1.165, 1.54) is 23.2 Å². The lowest BCUT2D eigenvalue weighted by Crippen LogP contribution is -2.11. The van der Waals surface area contributed by atoms with Crippen molar-refractivity contribution in [3.05, 3.63) is 30.1 Å². The summed E-state index contributed by atoms with van der Waals surface area (Å²) in [6.07, 6.45) is 4.44. The number of esters is 2. The summed E-state index contributed by atoms with van der Waals surface area (Å²) >= 11 is 0. The van der Waals surface area contributed by atoms with Gasteiger partial charge < -0.3 is 14.0 Å². The van der Waals surface area contributed by atoms with Crippen LogP contribution in [0.5, 0.6) is 0 Å². The average molecular weight is 237 g/mol. The van der Waals surface area contributed by atoms with Crippen molar-refractivity contribution in [3.8, 4) is 0 Å². The van der Waals surface area contributed by atoms with Gasteiger partial charge in [0.05, 0.1) is 24.3 Å². The van der Waals surface area contributed by atoms with Gasteiger partial charge >= 0.3 is 11.9 Å². The van der Waals surface area contributed by atoms with E-state index in [2.05, 4.69) is 6.58 Å². The van der Waals surface area contributed by atoms with Gasteiger partial charge in [0.1, 0.15) is 0 Å². The van der Waals surface area contributed by atoms with Crippen molar-refractivity contribution >= 4 is 18.1 Å². The molecule has 0 radical (unpaired) electrons. The molecular weight excluding hydrogens is 222 g/mol. The number of ether oxygens (including phenoxy) is 2. The quantitative estimate of drug-likeness (QED) is 0.734. The molecule has 0 spiro atoms. The molecule has 92 valence electrons. The molecule has 0 aliphatic rings. The van der Waals surface area contributed by atoms with Crippen LogP contribution in [0.3, 0.4) is 0 Å². The normalized spacial score (nSPS) is 9.76. The van der Waals surface area contributed by atoms with Gasteiger partial charge in [-0.15, -0.1) is 0 Å². The second-order valence-corrected chi connectivity index (χ2v) is 3.16. The third-order valence-corrected chi connectivity index (χ3v) is 2.05. The Bertz CT molecular complexity index is 398. The fourth-order valence-corrected chi connectivity index (χ4v) is 1.32. The molecule has 5 nitrogen and oxygen atoms in total. The van der Waals surface area contributed by atoms with E-state index in [-0.39, 0.29) is 24.3 Å². The highest BCUT2D eigenvalue weighted by atomic mass is 16.5. The molecule has 0 fully saturated rings. The molecule has 0 atom stereocenters. The Balaban J connectivity index is 3.09. The van der Waals surface area contributed by atoms with Crippen LogP contribution in [0.25, 0.3) is 6.20 Å². The molecule has 0 saturated carbocycles. The molecular formula is C12H15NO4. The highest BCUT2D eigenvalue weighted by molar-refractivity contribution is 6.03. The van der Waals surface area contributed by atoms with Crippen LogP contribution in [0.2, 0.25) is 0 Å². The van der Waals surface area contributed by atoms with E-state index >= 15 is 0 Å². The van der Waals surface area contributed by atoms with E-state index in [0.717, 1.165) is 0 Å². The first-order valence-electron chi connectivity index (χ1n) is 5.32. The Morgan fingerprint density at radius 2 is 1.59 bits per heavy atom. The van der Waals surface area contributed by atoms with Crippen LogP contribution in [-0.2, 0) is 9.47 Å². The van der Waals surface area contributed by atoms with Gasteiger partial charge in [-0.1, -0.05) is 6.58 Å². The lowest BCUT2D eigenvalue weighted by atomic mass is 10.2. The van der Waals surface area contributed by atoms with Crippen molar-refractivity contribution in [2.45, 2.75) is 13.8 Å². The lowest BCUT2D eigenvalue weighted by molar-refractivity contribution is 0.0480. The maximum Gasteiger partial charge on any atom is 0.340 e. The number of carbonyl (C=O) groups is 2. The van der Waals surface area contributed by atoms with Crippen molar-refractivity contribution in [2.75, 3.05) is 13.2 Å². The van der Waals surface area contributed by atoms with Crippen LogP contribution < -0.4 is 0 Å². The second kappa shape index (κ2) is 5.89. The van der Waals surface area contributed by atoms with Gasteiger partial charge in [-0.05, 0) is 13.8 Å². The minimum absolute atomic E-state index is 0.185. The standard InChI is InChI=1S/C12H15NO4/c1-4-13-7-9(11(14)16-5-2)10(8-13)12(15)17-6-3/h4,7-8H,1,5-6H2,2-3H3.